The zero-order valence-corrected chi connectivity index (χ0v) is 10.9. The van der Waals surface area contributed by atoms with Crippen molar-refractivity contribution in [2.75, 3.05) is 40.3 Å². The van der Waals surface area contributed by atoms with Crippen LogP contribution in [-0.4, -0.2) is 72.8 Å². The fourth-order valence-electron chi connectivity index (χ4n) is 1.74. The smallest absolute Gasteiger partial charge is 0.326 e. The van der Waals surface area contributed by atoms with Gasteiger partial charge in [-0.25, -0.2) is 4.79 Å². The molecule has 0 saturated carbocycles. The Morgan fingerprint density at radius 2 is 2.11 bits per heavy atom. The Kier molecular flexibility index (Phi) is 5.08. The average molecular weight is 256 g/mol. The highest BCUT2D eigenvalue weighted by Crippen LogP contribution is 2.08. The monoisotopic (exact) mass is 256 g/mol. The highest BCUT2D eigenvalue weighted by Gasteiger charge is 2.33. The highest BCUT2D eigenvalue weighted by atomic mass is 16.2. The van der Waals surface area contributed by atoms with Gasteiger partial charge in [-0.3, -0.25) is 14.5 Å². The van der Waals surface area contributed by atoms with E-state index in [1.165, 1.54) is 4.90 Å². The summed E-state index contributed by atoms with van der Waals surface area (Å²) in [6.45, 7) is 1.37. The summed E-state index contributed by atoms with van der Waals surface area (Å²) in [5, 5.41) is 0. The van der Waals surface area contributed by atoms with Crippen molar-refractivity contribution in [3.8, 4) is 0 Å². The third-order valence-electron chi connectivity index (χ3n) is 2.90. The van der Waals surface area contributed by atoms with Crippen molar-refractivity contribution in [1.29, 1.82) is 0 Å². The predicted molar refractivity (Wildman–Crippen MR) is 65.7 cm³/mol. The lowest BCUT2D eigenvalue weighted by atomic mass is 10.3. The Bertz CT molecular complexity index is 345. The summed E-state index contributed by atoms with van der Waals surface area (Å²) < 4.78 is 0. The van der Waals surface area contributed by atoms with Crippen LogP contribution in [0.4, 0.5) is 4.79 Å². The predicted octanol–water partition coefficient (Wildman–Crippen LogP) is -0.922. The van der Waals surface area contributed by atoms with Crippen molar-refractivity contribution < 1.29 is 14.4 Å². The topological polar surface area (TPSA) is 86.9 Å². The molecular weight excluding hydrogens is 236 g/mol. The molecular formula is C11H20N4O3. The van der Waals surface area contributed by atoms with Crippen LogP contribution in [0.3, 0.4) is 0 Å². The number of nitrogens with two attached hydrogens (primary N) is 1. The van der Waals surface area contributed by atoms with Crippen molar-refractivity contribution in [1.82, 2.24) is 14.7 Å². The molecule has 0 atom stereocenters. The summed E-state index contributed by atoms with van der Waals surface area (Å²) in [4.78, 5) is 38.8. The maximum absolute atomic E-state index is 11.7. The van der Waals surface area contributed by atoms with E-state index in [1.807, 2.05) is 0 Å². The van der Waals surface area contributed by atoms with Crippen LogP contribution in [-0.2, 0) is 9.59 Å². The van der Waals surface area contributed by atoms with Gasteiger partial charge in [-0.1, -0.05) is 0 Å². The summed E-state index contributed by atoms with van der Waals surface area (Å²) in [6, 6.07) is -0.336. The van der Waals surface area contributed by atoms with Crippen LogP contribution in [0.2, 0.25) is 0 Å². The molecule has 4 amide bonds. The fourth-order valence-corrected chi connectivity index (χ4v) is 1.74. The first-order valence-electron chi connectivity index (χ1n) is 5.97. The first kappa shape index (κ1) is 14.4. The van der Waals surface area contributed by atoms with Crippen LogP contribution < -0.4 is 5.73 Å². The van der Waals surface area contributed by atoms with Gasteiger partial charge in [-0.2, -0.15) is 0 Å². The Hall–Kier alpha value is -1.63. The number of likely N-dealkylation sites (N-methyl/N-ethyl adjacent to an activating group) is 1. The SMILES string of the molecule is CN(CCCN)C(=O)CCN1C(=O)CN(C)C1=O. The number of carbonyl (C=O) groups is 3. The molecule has 1 fully saturated rings. The van der Waals surface area contributed by atoms with E-state index in [4.69, 9.17) is 5.73 Å². The molecule has 0 unspecified atom stereocenters. The summed E-state index contributed by atoms with van der Waals surface area (Å²) in [5.74, 6) is -0.335. The third-order valence-corrected chi connectivity index (χ3v) is 2.90. The molecule has 1 heterocycles. The maximum Gasteiger partial charge on any atom is 0.326 e. The van der Waals surface area contributed by atoms with Gasteiger partial charge in [0.2, 0.25) is 11.8 Å². The number of amides is 4. The zero-order chi connectivity index (χ0) is 13.7. The summed E-state index contributed by atoms with van der Waals surface area (Å²) in [7, 11) is 3.26. The minimum absolute atomic E-state index is 0.0846. The van der Waals surface area contributed by atoms with E-state index in [0.29, 0.717) is 13.1 Å². The molecule has 1 saturated heterocycles. The minimum Gasteiger partial charge on any atom is -0.346 e. The number of hydrogen-bond donors (Lipinski definition) is 1. The molecule has 0 aromatic rings. The maximum atomic E-state index is 11.7. The Morgan fingerprint density at radius 1 is 1.44 bits per heavy atom. The second kappa shape index (κ2) is 6.34. The second-order valence-corrected chi connectivity index (χ2v) is 4.39. The van der Waals surface area contributed by atoms with Gasteiger partial charge in [0.05, 0.1) is 0 Å². The molecule has 102 valence electrons. The molecule has 1 rings (SSSR count). The van der Waals surface area contributed by atoms with E-state index in [0.717, 1.165) is 11.3 Å². The fraction of sp³-hybridized carbons (Fsp3) is 0.727. The molecule has 0 radical (unpaired) electrons. The van der Waals surface area contributed by atoms with Crippen molar-refractivity contribution in [2.45, 2.75) is 12.8 Å². The molecule has 7 nitrogen and oxygen atoms in total. The normalized spacial score (nSPS) is 15.5. The lowest BCUT2D eigenvalue weighted by Crippen LogP contribution is -2.36. The number of nitrogens with zero attached hydrogens (tertiary/aromatic N) is 3. The number of imide groups is 1. The van der Waals surface area contributed by atoms with Crippen LogP contribution >= 0.6 is 0 Å². The van der Waals surface area contributed by atoms with Gasteiger partial charge >= 0.3 is 6.03 Å². The standard InChI is InChI=1S/C11H20N4O3/c1-13(6-3-5-12)9(16)4-7-15-10(17)8-14(2)11(15)18/h3-8,12H2,1-2H3. The highest BCUT2D eigenvalue weighted by molar-refractivity contribution is 6.02. The quantitative estimate of drug-likeness (QED) is 0.622. The number of rotatable bonds is 6. The molecule has 0 aromatic heterocycles. The first-order chi connectivity index (χ1) is 8.47. The molecule has 2 N–H and O–H groups in total. The largest absolute Gasteiger partial charge is 0.346 e. The number of hydrogen-bond acceptors (Lipinski definition) is 4. The Labute approximate surface area is 106 Å². The van der Waals surface area contributed by atoms with Crippen LogP contribution in [0.1, 0.15) is 12.8 Å². The van der Waals surface area contributed by atoms with E-state index < -0.39 is 0 Å². The van der Waals surface area contributed by atoms with Crippen LogP contribution in [0.5, 0.6) is 0 Å². The Morgan fingerprint density at radius 3 is 2.61 bits per heavy atom. The molecule has 0 spiro atoms. The van der Waals surface area contributed by atoms with Gasteiger partial charge < -0.3 is 15.5 Å². The van der Waals surface area contributed by atoms with E-state index in [1.54, 1.807) is 19.0 Å². The summed E-state index contributed by atoms with van der Waals surface area (Å²) in [6.07, 6.45) is 0.902. The van der Waals surface area contributed by atoms with Crippen LogP contribution in [0.25, 0.3) is 0 Å². The molecule has 18 heavy (non-hydrogen) atoms. The minimum atomic E-state index is -0.336. The van der Waals surface area contributed by atoms with E-state index in [2.05, 4.69) is 0 Å². The van der Waals surface area contributed by atoms with Crippen molar-refractivity contribution in [3.63, 3.8) is 0 Å². The summed E-state index contributed by atoms with van der Waals surface area (Å²) in [5.41, 5.74) is 5.36. The van der Waals surface area contributed by atoms with Gasteiger partial charge in [-0.05, 0) is 13.0 Å². The van der Waals surface area contributed by atoms with Gasteiger partial charge in [0.25, 0.3) is 0 Å². The van der Waals surface area contributed by atoms with Crippen molar-refractivity contribution >= 4 is 17.8 Å². The van der Waals surface area contributed by atoms with Crippen LogP contribution in [0.15, 0.2) is 0 Å². The van der Waals surface area contributed by atoms with Crippen molar-refractivity contribution in [2.24, 2.45) is 5.73 Å². The van der Waals surface area contributed by atoms with E-state index in [9.17, 15) is 14.4 Å². The number of urea groups is 1. The third kappa shape index (κ3) is 3.43. The first-order valence-corrected chi connectivity index (χ1v) is 5.97. The molecule has 0 bridgehead atoms. The van der Waals surface area contributed by atoms with E-state index >= 15 is 0 Å². The second-order valence-electron chi connectivity index (χ2n) is 4.39. The number of carbonyl (C=O) groups excluding carboxylic acids is 3. The van der Waals surface area contributed by atoms with Gasteiger partial charge in [0, 0.05) is 33.6 Å². The lowest BCUT2D eigenvalue weighted by molar-refractivity contribution is -0.131. The summed E-state index contributed by atoms with van der Waals surface area (Å²) >= 11 is 0. The van der Waals surface area contributed by atoms with Crippen molar-refractivity contribution in [3.05, 3.63) is 0 Å². The van der Waals surface area contributed by atoms with Crippen LogP contribution in [0, 0.1) is 0 Å². The molecule has 0 aliphatic carbocycles. The van der Waals surface area contributed by atoms with Gasteiger partial charge in [0.15, 0.2) is 0 Å². The lowest BCUT2D eigenvalue weighted by Gasteiger charge is -2.19. The zero-order valence-electron chi connectivity index (χ0n) is 10.9. The molecule has 1 aliphatic heterocycles. The average Bonchev–Trinajstić information content (AvgIpc) is 2.58. The molecule has 7 heteroatoms. The van der Waals surface area contributed by atoms with Gasteiger partial charge in [-0.15, -0.1) is 0 Å². The Balaban J connectivity index is 2.38. The van der Waals surface area contributed by atoms with E-state index in [-0.39, 0.29) is 37.4 Å². The van der Waals surface area contributed by atoms with Gasteiger partial charge in [0.1, 0.15) is 6.54 Å². The molecule has 0 aromatic carbocycles. The molecule has 1 aliphatic rings.